The average Bonchev–Trinajstić information content (AvgIpc) is 2.60. The molecule has 0 unspecified atom stereocenters. The van der Waals surface area contributed by atoms with Gasteiger partial charge >= 0.3 is 0 Å². The number of aryl methyl sites for hydroxylation is 2. The second-order valence-electron chi connectivity index (χ2n) is 6.17. The van der Waals surface area contributed by atoms with Crippen LogP contribution in [0.25, 0.3) is 0 Å². The van der Waals surface area contributed by atoms with E-state index in [1.807, 2.05) is 6.92 Å². The van der Waals surface area contributed by atoms with Gasteiger partial charge < -0.3 is 10.1 Å². The maximum atomic E-state index is 5.35. The van der Waals surface area contributed by atoms with Gasteiger partial charge in [0, 0.05) is 19.6 Å². The third-order valence-electron chi connectivity index (χ3n) is 4.29. The predicted molar refractivity (Wildman–Crippen MR) is 104 cm³/mol. The molecule has 0 amide bonds. The zero-order valence-electron chi connectivity index (χ0n) is 14.9. The fraction of sp³-hybridized carbons (Fsp3) is 0.556. The van der Waals surface area contributed by atoms with E-state index in [0.717, 1.165) is 57.1 Å². The fourth-order valence-electron chi connectivity index (χ4n) is 2.53. The largest absolute Gasteiger partial charge is 0.379 e. The van der Waals surface area contributed by atoms with E-state index in [1.54, 1.807) is 0 Å². The Bertz CT molecular complexity index is 582. The van der Waals surface area contributed by atoms with Crippen LogP contribution in [-0.2, 0) is 4.74 Å². The van der Waals surface area contributed by atoms with Crippen LogP contribution in [-0.4, -0.2) is 55.1 Å². The number of ether oxygens (including phenoxy) is 1. The van der Waals surface area contributed by atoms with Gasteiger partial charge in [-0.25, -0.2) is 0 Å². The monoisotopic (exact) mass is 348 g/mol. The molecular weight excluding hydrogens is 320 g/mol. The smallest absolute Gasteiger partial charge is 0.186 e. The van der Waals surface area contributed by atoms with Gasteiger partial charge in [-0.3, -0.25) is 10.3 Å². The Labute approximate surface area is 150 Å². The zero-order valence-corrected chi connectivity index (χ0v) is 15.7. The topological polar surface area (TPSA) is 48.9 Å². The van der Waals surface area contributed by atoms with Crippen molar-refractivity contribution in [2.75, 3.05) is 39.4 Å². The van der Waals surface area contributed by atoms with Gasteiger partial charge in [-0.05, 0) is 68.7 Å². The summed E-state index contributed by atoms with van der Waals surface area (Å²) in [5, 5.41) is 8.14. The number of benzene rings is 1. The first-order chi connectivity index (χ1) is 11.6. The summed E-state index contributed by atoms with van der Waals surface area (Å²) in [5.74, 6) is 0. The number of hydrazone groups is 1. The van der Waals surface area contributed by atoms with Gasteiger partial charge in [0.1, 0.15) is 0 Å². The summed E-state index contributed by atoms with van der Waals surface area (Å²) >= 11 is 5.28. The molecule has 2 N–H and O–H groups in total. The Morgan fingerprint density at radius 2 is 2.00 bits per heavy atom. The molecule has 24 heavy (non-hydrogen) atoms. The Balaban J connectivity index is 1.68. The minimum Gasteiger partial charge on any atom is -0.379 e. The minimum absolute atomic E-state index is 0.570. The van der Waals surface area contributed by atoms with Crippen LogP contribution in [0.5, 0.6) is 0 Å². The molecule has 1 saturated heterocycles. The zero-order chi connectivity index (χ0) is 17.4. The van der Waals surface area contributed by atoms with Crippen LogP contribution in [0.3, 0.4) is 0 Å². The van der Waals surface area contributed by atoms with Gasteiger partial charge in [0.25, 0.3) is 0 Å². The van der Waals surface area contributed by atoms with Crippen molar-refractivity contribution in [1.82, 2.24) is 15.6 Å². The van der Waals surface area contributed by atoms with Crippen LogP contribution in [0, 0.1) is 13.8 Å². The van der Waals surface area contributed by atoms with Crippen LogP contribution in [0.15, 0.2) is 23.3 Å². The summed E-state index contributed by atoms with van der Waals surface area (Å²) < 4.78 is 5.35. The van der Waals surface area contributed by atoms with E-state index in [4.69, 9.17) is 17.0 Å². The summed E-state index contributed by atoms with van der Waals surface area (Å²) in [4.78, 5) is 2.42. The molecular formula is C18H28N4OS. The number of rotatable bonds is 6. The second kappa shape index (κ2) is 9.71. The predicted octanol–water partition coefficient (Wildman–Crippen LogP) is 2.21. The summed E-state index contributed by atoms with van der Waals surface area (Å²) in [6, 6.07) is 6.35. The molecule has 0 atom stereocenters. The van der Waals surface area contributed by atoms with Crippen molar-refractivity contribution in [3.8, 4) is 0 Å². The number of nitrogens with zero attached hydrogens (tertiary/aromatic N) is 2. The SMILES string of the molecule is C/C(=N\NC(=S)NCCCN1CCOCC1)c1ccc(C)c(C)c1. The second-order valence-corrected chi connectivity index (χ2v) is 6.58. The Morgan fingerprint density at radius 1 is 1.25 bits per heavy atom. The van der Waals surface area contributed by atoms with E-state index in [2.05, 4.69) is 52.8 Å². The van der Waals surface area contributed by atoms with E-state index in [9.17, 15) is 0 Å². The summed E-state index contributed by atoms with van der Waals surface area (Å²) in [7, 11) is 0. The van der Waals surface area contributed by atoms with Crippen LogP contribution < -0.4 is 10.7 Å². The van der Waals surface area contributed by atoms with Crippen LogP contribution in [0.4, 0.5) is 0 Å². The molecule has 0 radical (unpaired) electrons. The van der Waals surface area contributed by atoms with E-state index in [1.165, 1.54) is 11.1 Å². The van der Waals surface area contributed by atoms with Gasteiger partial charge in [0.15, 0.2) is 5.11 Å². The highest BCUT2D eigenvalue weighted by Gasteiger charge is 2.09. The Kier molecular flexibility index (Phi) is 7.62. The van der Waals surface area contributed by atoms with Crippen molar-refractivity contribution in [2.24, 2.45) is 5.10 Å². The van der Waals surface area contributed by atoms with Crippen molar-refractivity contribution in [1.29, 1.82) is 0 Å². The molecule has 6 heteroatoms. The lowest BCUT2D eigenvalue weighted by Crippen LogP contribution is -2.39. The third-order valence-corrected chi connectivity index (χ3v) is 4.53. The number of hydrogen-bond donors (Lipinski definition) is 2. The minimum atomic E-state index is 0.570. The molecule has 1 aliphatic rings. The number of thiocarbonyl (C=S) groups is 1. The molecule has 1 heterocycles. The van der Waals surface area contributed by atoms with Crippen LogP contribution >= 0.6 is 12.2 Å². The van der Waals surface area contributed by atoms with Crippen LogP contribution in [0.2, 0.25) is 0 Å². The first kappa shape index (κ1) is 18.8. The van der Waals surface area contributed by atoms with Crippen molar-refractivity contribution >= 4 is 23.0 Å². The van der Waals surface area contributed by atoms with Gasteiger partial charge in [-0.15, -0.1) is 0 Å². The molecule has 1 fully saturated rings. The lowest BCUT2D eigenvalue weighted by molar-refractivity contribution is 0.0376. The Hall–Kier alpha value is -1.50. The van der Waals surface area contributed by atoms with Gasteiger partial charge in [-0.2, -0.15) is 5.10 Å². The third kappa shape index (κ3) is 6.19. The highest BCUT2D eigenvalue weighted by molar-refractivity contribution is 7.80. The molecule has 0 aromatic heterocycles. The molecule has 1 aromatic carbocycles. The highest BCUT2D eigenvalue weighted by atomic mass is 32.1. The molecule has 0 bridgehead atoms. The van der Waals surface area contributed by atoms with E-state index < -0.39 is 0 Å². The summed E-state index contributed by atoms with van der Waals surface area (Å²) in [5.41, 5.74) is 7.52. The normalized spacial score (nSPS) is 16.0. The molecule has 0 aliphatic carbocycles. The molecule has 0 saturated carbocycles. The van der Waals surface area contributed by atoms with Gasteiger partial charge in [0.2, 0.25) is 0 Å². The summed E-state index contributed by atoms with van der Waals surface area (Å²) in [6.45, 7) is 11.9. The number of morpholine rings is 1. The summed E-state index contributed by atoms with van der Waals surface area (Å²) in [6.07, 6.45) is 1.06. The first-order valence-corrected chi connectivity index (χ1v) is 8.93. The maximum absolute atomic E-state index is 5.35. The lowest BCUT2D eigenvalue weighted by atomic mass is 10.0. The maximum Gasteiger partial charge on any atom is 0.186 e. The molecule has 1 aliphatic heterocycles. The standard InChI is InChI=1S/C18H28N4OS/c1-14-5-6-17(13-15(14)2)16(3)20-21-18(24)19-7-4-8-22-9-11-23-12-10-22/h5-6,13H,4,7-12H2,1-3H3,(H2,19,21,24)/b20-16+. The number of hydrogen-bond acceptors (Lipinski definition) is 4. The first-order valence-electron chi connectivity index (χ1n) is 8.52. The van der Waals surface area contributed by atoms with Crippen molar-refractivity contribution in [3.05, 3.63) is 34.9 Å². The molecule has 0 spiro atoms. The molecule has 2 rings (SSSR count). The van der Waals surface area contributed by atoms with E-state index >= 15 is 0 Å². The van der Waals surface area contributed by atoms with Gasteiger partial charge in [-0.1, -0.05) is 12.1 Å². The van der Waals surface area contributed by atoms with Crippen molar-refractivity contribution in [3.63, 3.8) is 0 Å². The highest BCUT2D eigenvalue weighted by Crippen LogP contribution is 2.10. The van der Waals surface area contributed by atoms with Gasteiger partial charge in [0.05, 0.1) is 18.9 Å². The average molecular weight is 349 g/mol. The lowest BCUT2D eigenvalue weighted by Gasteiger charge is -2.26. The van der Waals surface area contributed by atoms with E-state index in [-0.39, 0.29) is 0 Å². The molecule has 1 aromatic rings. The fourth-order valence-corrected chi connectivity index (χ4v) is 2.68. The molecule has 5 nitrogen and oxygen atoms in total. The van der Waals surface area contributed by atoms with Crippen LogP contribution in [0.1, 0.15) is 30.0 Å². The quantitative estimate of drug-likeness (QED) is 0.357. The molecule has 132 valence electrons. The Morgan fingerprint density at radius 3 is 2.71 bits per heavy atom. The number of nitrogens with one attached hydrogen (secondary N) is 2. The van der Waals surface area contributed by atoms with Crippen molar-refractivity contribution < 1.29 is 4.74 Å². The van der Waals surface area contributed by atoms with Crippen molar-refractivity contribution in [2.45, 2.75) is 27.2 Å². The van der Waals surface area contributed by atoms with E-state index in [0.29, 0.717) is 5.11 Å².